The number of benzene rings is 1. The van der Waals surface area contributed by atoms with Gasteiger partial charge in [-0.05, 0) is 18.2 Å². The van der Waals surface area contributed by atoms with Crippen LogP contribution < -0.4 is 10.6 Å². The van der Waals surface area contributed by atoms with Gasteiger partial charge in [-0.15, -0.1) is 0 Å². The minimum atomic E-state index is -0.874. The van der Waals surface area contributed by atoms with Gasteiger partial charge in [0.25, 0.3) is 0 Å². The average molecular weight is 290 g/mol. The maximum absolute atomic E-state index is 11.6. The van der Waals surface area contributed by atoms with Crippen LogP contribution in [0.1, 0.15) is 5.69 Å². The molecule has 2 rings (SSSR count). The molecule has 2 aromatic rings. The van der Waals surface area contributed by atoms with Crippen LogP contribution in [0.2, 0.25) is 5.02 Å². The van der Waals surface area contributed by atoms with Crippen LogP contribution >= 0.6 is 11.6 Å². The lowest BCUT2D eigenvalue weighted by atomic mass is 10.2. The Kier molecular flexibility index (Phi) is 3.68. The summed E-state index contributed by atoms with van der Waals surface area (Å²) in [6, 6.07) is 5.08. The van der Waals surface area contributed by atoms with E-state index in [0.29, 0.717) is 5.02 Å². The molecule has 0 atom stereocenters. The normalized spacial score (nSPS) is 9.80. The van der Waals surface area contributed by atoms with Crippen LogP contribution in [0.5, 0.6) is 5.75 Å². The van der Waals surface area contributed by atoms with E-state index in [4.69, 9.17) is 22.6 Å². The van der Waals surface area contributed by atoms with Gasteiger partial charge in [0.2, 0.25) is 0 Å². The number of hydrogen-bond donors (Lipinski definition) is 2. The minimum Gasteiger partial charge on any atom is -0.506 e. The maximum Gasteiger partial charge on any atom is 0.325 e. The molecule has 0 bridgehead atoms. The zero-order chi connectivity index (χ0) is 14.7. The molecule has 0 saturated carbocycles. The smallest absolute Gasteiger partial charge is 0.325 e. The summed E-state index contributed by atoms with van der Waals surface area (Å²) >= 11 is 5.83. The first-order valence-electron chi connectivity index (χ1n) is 5.33. The van der Waals surface area contributed by atoms with Crippen molar-refractivity contribution in [2.75, 3.05) is 4.90 Å². The Balaban J connectivity index is 2.53. The Labute approximate surface area is 118 Å². The van der Waals surface area contributed by atoms with Crippen LogP contribution in [0.4, 0.5) is 16.3 Å². The second-order valence-electron chi connectivity index (χ2n) is 3.68. The monoisotopic (exact) mass is 289 g/mol. The number of anilines is 2. The first-order valence-corrected chi connectivity index (χ1v) is 5.71. The molecule has 8 heteroatoms. The summed E-state index contributed by atoms with van der Waals surface area (Å²) in [7, 11) is 0. The molecule has 100 valence electrons. The van der Waals surface area contributed by atoms with Gasteiger partial charge in [0.05, 0.1) is 18.1 Å². The van der Waals surface area contributed by atoms with Gasteiger partial charge in [-0.25, -0.2) is 19.7 Å². The largest absolute Gasteiger partial charge is 0.506 e. The van der Waals surface area contributed by atoms with Crippen molar-refractivity contribution in [2.24, 2.45) is 5.73 Å². The molecular formula is C12H8ClN5O2. The molecule has 2 amide bonds. The van der Waals surface area contributed by atoms with Gasteiger partial charge >= 0.3 is 6.03 Å². The number of urea groups is 1. The van der Waals surface area contributed by atoms with Crippen molar-refractivity contribution in [1.29, 1.82) is 5.26 Å². The lowest BCUT2D eigenvalue weighted by Crippen LogP contribution is -2.32. The second-order valence-corrected chi connectivity index (χ2v) is 4.11. The minimum absolute atomic E-state index is 0.0640. The standard InChI is InChI=1S/C12H8ClN5O2/c13-7-1-2-10(19)9(3-7)18(12(15)20)11-6-16-8(4-14)5-17-11/h1-3,5-6,19H,(H2,15,20). The Hall–Kier alpha value is -2.85. The van der Waals surface area contributed by atoms with Gasteiger partial charge in [-0.1, -0.05) is 11.6 Å². The topological polar surface area (TPSA) is 116 Å². The van der Waals surface area contributed by atoms with Crippen molar-refractivity contribution in [1.82, 2.24) is 9.97 Å². The maximum atomic E-state index is 11.6. The van der Waals surface area contributed by atoms with Gasteiger partial charge < -0.3 is 10.8 Å². The number of hydrogen-bond acceptors (Lipinski definition) is 5. The summed E-state index contributed by atoms with van der Waals surface area (Å²) in [5.74, 6) is -0.131. The number of nitriles is 1. The van der Waals surface area contributed by atoms with E-state index in [9.17, 15) is 9.90 Å². The molecule has 3 N–H and O–H groups in total. The second kappa shape index (κ2) is 5.42. The summed E-state index contributed by atoms with van der Waals surface area (Å²) in [6.45, 7) is 0. The molecule has 7 nitrogen and oxygen atoms in total. The van der Waals surface area contributed by atoms with E-state index in [1.807, 2.05) is 0 Å². The number of carbonyl (C=O) groups excluding carboxylic acids is 1. The number of aromatic nitrogens is 2. The number of phenols is 1. The van der Waals surface area contributed by atoms with E-state index in [1.165, 1.54) is 30.6 Å². The molecule has 0 spiro atoms. The molecule has 0 aliphatic carbocycles. The number of nitrogens with zero attached hydrogens (tertiary/aromatic N) is 4. The van der Waals surface area contributed by atoms with Crippen LogP contribution in [0.3, 0.4) is 0 Å². The fourth-order valence-corrected chi connectivity index (χ4v) is 1.69. The summed E-state index contributed by atoms with van der Waals surface area (Å²) in [6.07, 6.45) is 2.39. The van der Waals surface area contributed by atoms with Crippen LogP contribution in [0.25, 0.3) is 0 Å². The first kappa shape index (κ1) is 13.6. The van der Waals surface area contributed by atoms with Gasteiger partial charge in [-0.3, -0.25) is 0 Å². The SMILES string of the molecule is N#Cc1cnc(N(C(N)=O)c2cc(Cl)ccc2O)cn1. The Morgan fingerprint density at radius 2 is 2.15 bits per heavy atom. The fraction of sp³-hybridized carbons (Fsp3) is 0. The molecule has 0 saturated heterocycles. The molecule has 0 fully saturated rings. The van der Waals surface area contributed by atoms with E-state index in [-0.39, 0.29) is 22.9 Å². The zero-order valence-electron chi connectivity index (χ0n) is 9.99. The van der Waals surface area contributed by atoms with Gasteiger partial charge in [0.1, 0.15) is 11.8 Å². The Morgan fingerprint density at radius 1 is 1.40 bits per heavy atom. The summed E-state index contributed by atoms with van der Waals surface area (Å²) in [5, 5.41) is 18.8. The molecular weight excluding hydrogens is 282 g/mol. The van der Waals surface area contributed by atoms with Crippen molar-refractivity contribution in [3.8, 4) is 11.8 Å². The number of aromatic hydroxyl groups is 1. The quantitative estimate of drug-likeness (QED) is 0.876. The molecule has 20 heavy (non-hydrogen) atoms. The first-order chi connectivity index (χ1) is 9.52. The Bertz CT molecular complexity index is 696. The zero-order valence-corrected chi connectivity index (χ0v) is 10.7. The molecule has 0 aliphatic rings. The van der Waals surface area contributed by atoms with Gasteiger partial charge in [0, 0.05) is 5.02 Å². The van der Waals surface area contributed by atoms with Gasteiger partial charge in [-0.2, -0.15) is 5.26 Å². The highest BCUT2D eigenvalue weighted by atomic mass is 35.5. The van der Waals surface area contributed by atoms with Crippen molar-refractivity contribution < 1.29 is 9.90 Å². The number of halogens is 1. The van der Waals surface area contributed by atoms with Crippen LogP contribution in [0, 0.1) is 11.3 Å². The van der Waals surface area contributed by atoms with Crippen molar-refractivity contribution in [3.63, 3.8) is 0 Å². The molecule has 0 radical (unpaired) electrons. The van der Waals surface area contributed by atoms with E-state index >= 15 is 0 Å². The highest BCUT2D eigenvalue weighted by Gasteiger charge is 2.20. The summed E-state index contributed by atoms with van der Waals surface area (Å²) in [4.78, 5) is 20.2. The van der Waals surface area contributed by atoms with E-state index in [2.05, 4.69) is 9.97 Å². The molecule has 0 aliphatic heterocycles. The Morgan fingerprint density at radius 3 is 2.70 bits per heavy atom. The van der Waals surface area contributed by atoms with E-state index in [1.54, 1.807) is 6.07 Å². The molecule has 0 unspecified atom stereocenters. The lowest BCUT2D eigenvalue weighted by Gasteiger charge is -2.20. The summed E-state index contributed by atoms with van der Waals surface area (Å²) in [5.41, 5.74) is 5.45. The fourth-order valence-electron chi connectivity index (χ4n) is 1.53. The number of nitrogens with two attached hydrogens (primary N) is 1. The number of phenolic OH excluding ortho intramolecular Hbond substituents is 1. The molecule has 1 heterocycles. The van der Waals surface area contributed by atoms with Crippen molar-refractivity contribution in [2.45, 2.75) is 0 Å². The van der Waals surface area contributed by atoms with Crippen molar-refractivity contribution >= 4 is 29.1 Å². The third-order valence-electron chi connectivity index (χ3n) is 2.38. The van der Waals surface area contributed by atoms with Gasteiger partial charge in [0.15, 0.2) is 11.5 Å². The van der Waals surface area contributed by atoms with Crippen molar-refractivity contribution in [3.05, 3.63) is 41.3 Å². The third-order valence-corrected chi connectivity index (χ3v) is 2.62. The predicted molar refractivity (Wildman–Crippen MR) is 71.6 cm³/mol. The predicted octanol–water partition coefficient (Wildman–Crippen LogP) is 1.92. The number of primary amides is 1. The number of rotatable bonds is 2. The van der Waals surface area contributed by atoms with Crippen LogP contribution in [-0.4, -0.2) is 21.1 Å². The lowest BCUT2D eigenvalue weighted by molar-refractivity contribution is 0.255. The third kappa shape index (κ3) is 2.60. The van der Waals surface area contributed by atoms with Crippen LogP contribution in [-0.2, 0) is 0 Å². The highest BCUT2D eigenvalue weighted by molar-refractivity contribution is 6.31. The number of amides is 2. The summed E-state index contributed by atoms with van der Waals surface area (Å²) < 4.78 is 0. The number of carbonyl (C=O) groups is 1. The van der Waals surface area contributed by atoms with E-state index in [0.717, 1.165) is 4.90 Å². The highest BCUT2D eigenvalue weighted by Crippen LogP contribution is 2.33. The molecule has 1 aromatic heterocycles. The average Bonchev–Trinajstić information content (AvgIpc) is 2.43. The molecule has 1 aromatic carbocycles. The van der Waals surface area contributed by atoms with Crippen LogP contribution in [0.15, 0.2) is 30.6 Å². The van der Waals surface area contributed by atoms with E-state index < -0.39 is 6.03 Å².